The molecule has 1 aromatic heterocycles. The molecule has 0 unspecified atom stereocenters. The Kier molecular flexibility index (Phi) is 9.78. The molecule has 9 nitrogen and oxygen atoms in total. The van der Waals surface area contributed by atoms with Crippen molar-refractivity contribution in [2.45, 2.75) is 70.9 Å². The molecular formula is C28H45N5O4. The first-order chi connectivity index (χ1) is 18.0. The van der Waals surface area contributed by atoms with Crippen LogP contribution in [0.15, 0.2) is 16.9 Å². The van der Waals surface area contributed by atoms with Crippen LogP contribution in [-0.2, 0) is 16.1 Å². The summed E-state index contributed by atoms with van der Waals surface area (Å²) in [6.45, 7) is 11.5. The molecule has 0 aromatic carbocycles. The fraction of sp³-hybridized carbons (Fsp3) is 0.750. The maximum absolute atomic E-state index is 13.0. The molecule has 1 saturated carbocycles. The normalized spacial score (nSPS) is 22.9. The summed E-state index contributed by atoms with van der Waals surface area (Å²) in [6.07, 6.45) is 7.58. The largest absolute Gasteiger partial charge is 0.379 e. The zero-order valence-electron chi connectivity index (χ0n) is 22.7. The molecule has 0 radical (unpaired) electrons. The van der Waals surface area contributed by atoms with Crippen LogP contribution >= 0.6 is 0 Å². The number of aromatic nitrogens is 1. The summed E-state index contributed by atoms with van der Waals surface area (Å²) in [7, 11) is 0. The van der Waals surface area contributed by atoms with Gasteiger partial charge in [-0.1, -0.05) is 19.3 Å². The number of ether oxygens (including phenoxy) is 1. The van der Waals surface area contributed by atoms with Gasteiger partial charge in [0, 0.05) is 57.0 Å². The first-order valence-electron chi connectivity index (χ1n) is 14.3. The predicted molar refractivity (Wildman–Crippen MR) is 144 cm³/mol. The molecule has 2 saturated heterocycles. The lowest BCUT2D eigenvalue weighted by molar-refractivity contribution is -0.137. The number of carbonyl (C=O) groups is 2. The van der Waals surface area contributed by atoms with Gasteiger partial charge in [0.15, 0.2) is 0 Å². The van der Waals surface area contributed by atoms with Gasteiger partial charge in [-0.15, -0.1) is 0 Å². The first-order valence-corrected chi connectivity index (χ1v) is 14.3. The summed E-state index contributed by atoms with van der Waals surface area (Å²) in [5, 5.41) is 3.09. The quantitative estimate of drug-likeness (QED) is 0.524. The molecule has 0 spiro atoms. The van der Waals surface area contributed by atoms with Gasteiger partial charge in [-0.2, -0.15) is 0 Å². The number of morpholine rings is 1. The Bertz CT molecular complexity index is 964. The average molecular weight is 516 g/mol. The standard InChI is InChI=1S/C28H45N5O4/c1-3-32(4-2)27(36)22-9-8-14-31(19-22)20-23-10-11-24(26(35)30-23)25(34)29-21-28(12-6-5-7-13-28)33-15-17-37-18-16-33/h10-11,22H,3-9,12-21H2,1-2H3,(H,29,34)(H,30,35)/t22-/m0/s1. The maximum Gasteiger partial charge on any atom is 0.261 e. The van der Waals surface area contributed by atoms with E-state index in [0.29, 0.717) is 19.6 Å². The van der Waals surface area contributed by atoms with Crippen LogP contribution in [0.2, 0.25) is 0 Å². The Morgan fingerprint density at radius 3 is 2.49 bits per heavy atom. The van der Waals surface area contributed by atoms with E-state index < -0.39 is 0 Å². The van der Waals surface area contributed by atoms with Gasteiger partial charge >= 0.3 is 0 Å². The van der Waals surface area contributed by atoms with E-state index in [4.69, 9.17) is 4.74 Å². The van der Waals surface area contributed by atoms with Crippen LogP contribution in [0.1, 0.15) is 74.8 Å². The summed E-state index contributed by atoms with van der Waals surface area (Å²) >= 11 is 0. The van der Waals surface area contributed by atoms with Crippen molar-refractivity contribution >= 4 is 11.8 Å². The lowest BCUT2D eigenvalue weighted by Gasteiger charge is -2.48. The third-order valence-electron chi connectivity index (χ3n) is 8.58. The molecule has 37 heavy (non-hydrogen) atoms. The molecule has 3 aliphatic rings. The molecule has 1 atom stereocenters. The number of rotatable bonds is 9. The van der Waals surface area contributed by atoms with Crippen molar-refractivity contribution in [3.63, 3.8) is 0 Å². The summed E-state index contributed by atoms with van der Waals surface area (Å²) in [5.41, 5.74) is 0.531. The van der Waals surface area contributed by atoms with Gasteiger partial charge in [-0.3, -0.25) is 24.2 Å². The van der Waals surface area contributed by atoms with Gasteiger partial charge in [0.05, 0.1) is 19.1 Å². The highest BCUT2D eigenvalue weighted by Gasteiger charge is 2.39. The van der Waals surface area contributed by atoms with Crippen molar-refractivity contribution in [3.05, 3.63) is 33.7 Å². The van der Waals surface area contributed by atoms with Crippen molar-refractivity contribution in [2.75, 3.05) is 59.0 Å². The Balaban J connectivity index is 1.35. The third-order valence-corrected chi connectivity index (χ3v) is 8.58. The van der Waals surface area contributed by atoms with Gasteiger partial charge in [-0.25, -0.2) is 0 Å². The van der Waals surface area contributed by atoms with E-state index in [0.717, 1.165) is 77.3 Å². The monoisotopic (exact) mass is 515 g/mol. The first kappa shape index (κ1) is 27.8. The lowest BCUT2D eigenvalue weighted by atomic mass is 9.79. The second-order valence-electron chi connectivity index (χ2n) is 10.9. The smallest absolute Gasteiger partial charge is 0.261 e. The van der Waals surface area contributed by atoms with Crippen LogP contribution in [0.3, 0.4) is 0 Å². The van der Waals surface area contributed by atoms with Crippen LogP contribution in [0.25, 0.3) is 0 Å². The molecule has 3 heterocycles. The number of pyridine rings is 1. The van der Waals surface area contributed by atoms with Gasteiger partial charge < -0.3 is 19.9 Å². The molecule has 0 bridgehead atoms. The Hall–Kier alpha value is -2.23. The number of nitrogens with zero attached hydrogens (tertiary/aromatic N) is 3. The average Bonchev–Trinajstić information content (AvgIpc) is 2.93. The SMILES string of the molecule is CCN(CC)C(=O)[C@H]1CCCN(Cc2ccc(C(=O)NCC3(N4CCOCC4)CCCCC3)c(=O)[nH]2)C1. The van der Waals surface area contributed by atoms with Crippen LogP contribution in [0, 0.1) is 5.92 Å². The van der Waals surface area contributed by atoms with E-state index in [9.17, 15) is 14.4 Å². The van der Waals surface area contributed by atoms with Crippen LogP contribution in [0.5, 0.6) is 0 Å². The van der Waals surface area contributed by atoms with Crippen molar-refractivity contribution < 1.29 is 14.3 Å². The van der Waals surface area contributed by atoms with Crippen molar-refractivity contribution in [3.8, 4) is 0 Å². The molecule has 9 heteroatoms. The number of nitrogens with one attached hydrogen (secondary N) is 2. The molecule has 1 aliphatic carbocycles. The molecule has 3 fully saturated rings. The second kappa shape index (κ2) is 13.0. The number of amides is 2. The van der Waals surface area contributed by atoms with Gasteiger partial charge in [0.2, 0.25) is 5.91 Å². The minimum Gasteiger partial charge on any atom is -0.379 e. The van der Waals surface area contributed by atoms with Crippen molar-refractivity contribution in [1.82, 2.24) is 25.0 Å². The summed E-state index contributed by atoms with van der Waals surface area (Å²) < 4.78 is 5.55. The van der Waals surface area contributed by atoms with Crippen LogP contribution in [-0.4, -0.2) is 96.1 Å². The van der Waals surface area contributed by atoms with Crippen molar-refractivity contribution in [1.29, 1.82) is 0 Å². The van der Waals surface area contributed by atoms with Crippen LogP contribution in [0.4, 0.5) is 0 Å². The minimum absolute atomic E-state index is 0.00370. The predicted octanol–water partition coefficient (Wildman–Crippen LogP) is 2.22. The maximum atomic E-state index is 13.0. The van der Waals surface area contributed by atoms with Crippen molar-refractivity contribution in [2.24, 2.45) is 5.92 Å². The number of aromatic amines is 1. The molecule has 2 aliphatic heterocycles. The minimum atomic E-state index is -0.355. The van der Waals surface area contributed by atoms with Gasteiger partial charge in [0.25, 0.3) is 11.5 Å². The molecule has 2 amide bonds. The zero-order chi connectivity index (χ0) is 26.3. The Morgan fingerprint density at radius 1 is 1.08 bits per heavy atom. The van der Waals surface area contributed by atoms with E-state index in [1.165, 1.54) is 19.3 Å². The number of hydrogen-bond acceptors (Lipinski definition) is 6. The van der Waals surface area contributed by atoms with Crippen LogP contribution < -0.4 is 10.9 Å². The number of hydrogen-bond donors (Lipinski definition) is 2. The molecule has 206 valence electrons. The second-order valence-corrected chi connectivity index (χ2v) is 10.9. The number of H-pyrrole nitrogens is 1. The Labute approximate surface area is 220 Å². The number of piperidine rings is 1. The molecule has 1 aromatic rings. The van der Waals surface area contributed by atoms with Gasteiger partial charge in [-0.05, 0) is 58.2 Å². The highest BCUT2D eigenvalue weighted by molar-refractivity contribution is 5.93. The highest BCUT2D eigenvalue weighted by atomic mass is 16.5. The van der Waals surface area contributed by atoms with E-state index >= 15 is 0 Å². The Morgan fingerprint density at radius 2 is 1.81 bits per heavy atom. The fourth-order valence-electron chi connectivity index (χ4n) is 6.41. The molecule has 4 rings (SSSR count). The topological polar surface area (TPSA) is 98.0 Å². The fourth-order valence-corrected chi connectivity index (χ4v) is 6.41. The van der Waals surface area contributed by atoms with Gasteiger partial charge in [0.1, 0.15) is 5.56 Å². The van der Waals surface area contributed by atoms with E-state index in [-0.39, 0.29) is 34.4 Å². The molecule has 2 N–H and O–H groups in total. The molecular weight excluding hydrogens is 470 g/mol. The third kappa shape index (κ3) is 6.81. The number of likely N-dealkylation sites (tertiary alicyclic amines) is 1. The summed E-state index contributed by atoms with van der Waals surface area (Å²) in [5.74, 6) is -0.0825. The van der Waals surface area contributed by atoms with E-state index in [2.05, 4.69) is 20.1 Å². The summed E-state index contributed by atoms with van der Waals surface area (Å²) in [6, 6.07) is 3.48. The summed E-state index contributed by atoms with van der Waals surface area (Å²) in [4.78, 5) is 48.3. The lowest BCUT2D eigenvalue weighted by Crippen LogP contribution is -2.59. The zero-order valence-corrected chi connectivity index (χ0v) is 22.7. The van der Waals surface area contributed by atoms with E-state index in [1.54, 1.807) is 6.07 Å². The number of carbonyl (C=O) groups excluding carboxylic acids is 2. The highest BCUT2D eigenvalue weighted by Crippen LogP contribution is 2.34. The van der Waals surface area contributed by atoms with E-state index in [1.807, 2.05) is 24.8 Å².